The van der Waals surface area contributed by atoms with Crippen molar-refractivity contribution >= 4 is 66.7 Å². The summed E-state index contributed by atoms with van der Waals surface area (Å²) < 4.78 is 4.65. The molecule has 2 aromatic heterocycles. The van der Waals surface area contributed by atoms with Crippen molar-refractivity contribution in [3.05, 3.63) is 95.1 Å². The Morgan fingerprint density at radius 1 is 0.431 bits per heavy atom. The van der Waals surface area contributed by atoms with Crippen LogP contribution in [-0.4, -0.2) is 81.3 Å². The molecular formula is C50H62N4O4. The molecule has 0 unspecified atom stereocenters. The van der Waals surface area contributed by atoms with E-state index in [1.807, 2.05) is 62.4 Å². The lowest BCUT2D eigenvalue weighted by Gasteiger charge is -2.19. The molecule has 2 heterocycles. The summed E-state index contributed by atoms with van der Waals surface area (Å²) in [7, 11) is 0. The summed E-state index contributed by atoms with van der Waals surface area (Å²) in [6.07, 6.45) is 4.79. The summed E-state index contributed by atoms with van der Waals surface area (Å²) in [6.45, 7) is 20.1. The fourth-order valence-corrected chi connectivity index (χ4v) is 8.56. The van der Waals surface area contributed by atoms with Gasteiger partial charge in [0.05, 0.1) is 0 Å². The first-order valence-corrected chi connectivity index (χ1v) is 21.8. The Morgan fingerprint density at radius 2 is 0.759 bits per heavy atom. The van der Waals surface area contributed by atoms with Crippen LogP contribution in [0.3, 0.4) is 0 Å². The zero-order valence-corrected chi connectivity index (χ0v) is 35.7. The largest absolute Gasteiger partial charge is 0.339 e. The second-order valence-electron chi connectivity index (χ2n) is 15.6. The lowest BCUT2D eigenvalue weighted by Crippen LogP contribution is -2.26. The number of ketones is 4. The molecule has 0 bridgehead atoms. The van der Waals surface area contributed by atoms with Crippen LogP contribution < -0.4 is 0 Å². The average Bonchev–Trinajstić information content (AvgIpc) is 3.74. The molecule has 0 radical (unpaired) electrons. The van der Waals surface area contributed by atoms with Gasteiger partial charge in [0.2, 0.25) is 0 Å². The minimum absolute atomic E-state index is 0.0951. The normalized spacial score (nSPS) is 11.9. The van der Waals surface area contributed by atoms with Gasteiger partial charge in [-0.05, 0) is 118 Å². The highest BCUT2D eigenvalue weighted by Crippen LogP contribution is 2.33. The highest BCUT2D eigenvalue weighted by Gasteiger charge is 2.19. The van der Waals surface area contributed by atoms with Gasteiger partial charge in [0.15, 0.2) is 23.1 Å². The maximum absolute atomic E-state index is 13.6. The number of carbonyl (C=O) groups excluding carboxylic acids is 4. The number of unbranched alkanes of at least 4 members (excludes halogenated alkanes) is 2. The van der Waals surface area contributed by atoms with E-state index >= 15 is 0 Å². The molecule has 58 heavy (non-hydrogen) atoms. The van der Waals surface area contributed by atoms with Crippen LogP contribution in [0.1, 0.15) is 134 Å². The first-order chi connectivity index (χ1) is 28.1. The van der Waals surface area contributed by atoms with Crippen molar-refractivity contribution in [2.45, 2.75) is 106 Å². The smallest absolute Gasteiger partial charge is 0.162 e. The third-order valence-corrected chi connectivity index (χ3v) is 12.2. The third kappa shape index (κ3) is 9.19. The monoisotopic (exact) mass is 782 g/mol. The molecule has 0 aliphatic heterocycles. The van der Waals surface area contributed by atoms with Crippen molar-refractivity contribution in [1.29, 1.82) is 0 Å². The Labute approximate surface area is 344 Å². The Kier molecular flexibility index (Phi) is 14.5. The zero-order valence-electron chi connectivity index (χ0n) is 35.7. The van der Waals surface area contributed by atoms with E-state index in [4.69, 9.17) is 0 Å². The van der Waals surface area contributed by atoms with Crippen molar-refractivity contribution < 1.29 is 19.2 Å². The average molecular weight is 783 g/mol. The standard InChI is InChI=1S/C50H62N4O4/c1-7-16-48(56)36-20-24-44-40(32-36)42-34-38(22-26-46(42)54(44)30-28-52(11-5)12-6)50(58)18-15-13-14-17-49(57)37-21-25-45-41(33-37)39-31-35(47(55)8-2)19-23-43(39)53(45)29-27-51(9-3)10-4/h19-26,31-34H,7-18,27-30H2,1-6H3. The molecule has 0 spiro atoms. The van der Waals surface area contributed by atoms with Gasteiger partial charge in [-0.25, -0.2) is 0 Å². The molecule has 0 saturated carbocycles. The van der Waals surface area contributed by atoms with E-state index in [1.165, 1.54) is 0 Å². The summed E-state index contributed by atoms with van der Waals surface area (Å²) in [5.41, 5.74) is 7.11. The molecular weight excluding hydrogens is 721 g/mol. The van der Waals surface area contributed by atoms with Gasteiger partial charge in [0.1, 0.15) is 0 Å². The third-order valence-electron chi connectivity index (χ3n) is 12.2. The van der Waals surface area contributed by atoms with Crippen molar-refractivity contribution in [2.75, 3.05) is 39.3 Å². The van der Waals surface area contributed by atoms with E-state index in [-0.39, 0.29) is 23.1 Å². The molecule has 306 valence electrons. The Bertz CT molecular complexity index is 2430. The molecule has 0 N–H and O–H groups in total. The van der Waals surface area contributed by atoms with Crippen LogP contribution in [0.5, 0.6) is 0 Å². The number of aromatic nitrogens is 2. The van der Waals surface area contributed by atoms with Crippen molar-refractivity contribution in [3.63, 3.8) is 0 Å². The molecule has 0 fully saturated rings. The molecule has 8 heteroatoms. The fourth-order valence-electron chi connectivity index (χ4n) is 8.56. The summed E-state index contributed by atoms with van der Waals surface area (Å²) in [5.74, 6) is 0.449. The molecule has 6 rings (SSSR count). The molecule has 8 nitrogen and oxygen atoms in total. The lowest BCUT2D eigenvalue weighted by atomic mass is 9.99. The zero-order chi connectivity index (χ0) is 41.3. The second-order valence-corrected chi connectivity index (χ2v) is 15.6. The van der Waals surface area contributed by atoms with E-state index in [0.29, 0.717) is 55.2 Å². The number of rotatable bonds is 23. The molecule has 6 aromatic rings. The lowest BCUT2D eigenvalue weighted by molar-refractivity contribution is 0.0967. The molecule has 0 aliphatic carbocycles. The Balaban J connectivity index is 1.14. The van der Waals surface area contributed by atoms with Gasteiger partial charge in [0, 0.05) is 118 Å². The number of nitrogens with zero attached hydrogens (tertiary/aromatic N) is 4. The van der Waals surface area contributed by atoms with E-state index in [2.05, 4.69) is 70.9 Å². The first kappa shape index (κ1) is 42.7. The highest BCUT2D eigenvalue weighted by atomic mass is 16.1. The van der Waals surface area contributed by atoms with E-state index in [0.717, 1.165) is 114 Å². The number of likely N-dealkylation sites (N-methyl/N-ethyl adjacent to an activating group) is 2. The maximum atomic E-state index is 13.6. The maximum Gasteiger partial charge on any atom is 0.162 e. The SMILES string of the molecule is CCCC(=O)c1ccc2c(c1)c1cc(C(=O)CCCCCC(=O)c3ccc4c(c3)c3cc(C(=O)CC)ccc3n4CCN(CC)CC)ccc1n2CCN(CC)CC. The minimum Gasteiger partial charge on any atom is -0.339 e. The van der Waals surface area contributed by atoms with Gasteiger partial charge >= 0.3 is 0 Å². The number of hydrogen-bond acceptors (Lipinski definition) is 6. The van der Waals surface area contributed by atoms with Crippen LogP contribution in [0.25, 0.3) is 43.6 Å². The fraction of sp³-hybridized carbons (Fsp3) is 0.440. The number of benzene rings is 4. The number of hydrogen-bond donors (Lipinski definition) is 0. The first-order valence-electron chi connectivity index (χ1n) is 21.8. The van der Waals surface area contributed by atoms with Crippen molar-refractivity contribution in [1.82, 2.24) is 18.9 Å². The predicted molar refractivity (Wildman–Crippen MR) is 240 cm³/mol. The number of fused-ring (bicyclic) bond motifs is 6. The Hall–Kier alpha value is -4.92. The van der Waals surface area contributed by atoms with Gasteiger partial charge in [-0.15, -0.1) is 0 Å². The van der Waals surface area contributed by atoms with Gasteiger partial charge in [-0.1, -0.05) is 48.0 Å². The summed E-state index contributed by atoms with van der Waals surface area (Å²) in [4.78, 5) is 57.5. The topological polar surface area (TPSA) is 84.6 Å². The van der Waals surface area contributed by atoms with Crippen LogP contribution in [0, 0.1) is 0 Å². The van der Waals surface area contributed by atoms with Crippen LogP contribution in [0.15, 0.2) is 72.8 Å². The Morgan fingerprint density at radius 3 is 1.07 bits per heavy atom. The van der Waals surface area contributed by atoms with Crippen LogP contribution >= 0.6 is 0 Å². The van der Waals surface area contributed by atoms with Crippen LogP contribution in [0.2, 0.25) is 0 Å². The van der Waals surface area contributed by atoms with Crippen LogP contribution in [-0.2, 0) is 13.1 Å². The van der Waals surface area contributed by atoms with Gasteiger partial charge < -0.3 is 18.9 Å². The van der Waals surface area contributed by atoms with Gasteiger partial charge in [0.25, 0.3) is 0 Å². The van der Waals surface area contributed by atoms with Crippen molar-refractivity contribution in [2.24, 2.45) is 0 Å². The summed E-state index contributed by atoms with van der Waals surface area (Å²) >= 11 is 0. The minimum atomic E-state index is 0.0951. The van der Waals surface area contributed by atoms with Crippen molar-refractivity contribution in [3.8, 4) is 0 Å². The van der Waals surface area contributed by atoms with E-state index in [1.54, 1.807) is 0 Å². The quantitative estimate of drug-likeness (QED) is 0.0475. The molecule has 0 saturated heterocycles. The van der Waals surface area contributed by atoms with E-state index < -0.39 is 0 Å². The second kappa shape index (κ2) is 19.7. The van der Waals surface area contributed by atoms with Gasteiger partial charge in [-0.2, -0.15) is 0 Å². The highest BCUT2D eigenvalue weighted by molar-refractivity contribution is 6.14. The summed E-state index contributed by atoms with van der Waals surface area (Å²) in [6, 6.07) is 24.1. The van der Waals surface area contributed by atoms with Crippen LogP contribution in [0.4, 0.5) is 0 Å². The predicted octanol–water partition coefficient (Wildman–Crippen LogP) is 11.2. The molecule has 4 aromatic carbocycles. The molecule has 0 atom stereocenters. The summed E-state index contributed by atoms with van der Waals surface area (Å²) in [5, 5.41) is 4.04. The molecule has 0 amide bonds. The molecule has 0 aliphatic rings. The van der Waals surface area contributed by atoms with Gasteiger partial charge in [-0.3, -0.25) is 19.2 Å². The number of Topliss-reactive ketones (excluding diaryl/α,β-unsaturated/α-hetero) is 4. The van der Waals surface area contributed by atoms with E-state index in [9.17, 15) is 19.2 Å². The number of carbonyl (C=O) groups is 4.